The van der Waals surface area contributed by atoms with E-state index in [1.807, 2.05) is 0 Å². The van der Waals surface area contributed by atoms with Crippen LogP contribution in [0.3, 0.4) is 0 Å². The van der Waals surface area contributed by atoms with Crippen LogP contribution in [-0.4, -0.2) is 57.3 Å². The summed E-state index contributed by atoms with van der Waals surface area (Å²) >= 11 is 1.44. The fraction of sp³-hybridized carbons (Fsp3) is 0.467. The first kappa shape index (κ1) is 16.0. The maximum absolute atomic E-state index is 12.7. The maximum Gasteiger partial charge on any atom is 0.407 e. The number of alkyl carbamates (subject to hydrolysis) is 1. The Morgan fingerprint density at radius 1 is 1.44 bits per heavy atom. The topological polar surface area (TPSA) is 113 Å². The molecule has 9 nitrogen and oxygen atoms in total. The van der Waals surface area contributed by atoms with Gasteiger partial charge in [-0.2, -0.15) is 5.10 Å². The number of rotatable bonds is 4. The second-order valence-electron chi connectivity index (χ2n) is 6.10. The molecule has 2 aromatic heterocycles. The number of thioether (sulfide) groups is 1. The number of hydrogen-bond donors (Lipinski definition) is 2. The van der Waals surface area contributed by atoms with Crippen LogP contribution in [0.1, 0.15) is 29.2 Å². The number of furan rings is 1. The van der Waals surface area contributed by atoms with E-state index in [4.69, 9.17) is 9.15 Å². The monoisotopic (exact) mass is 363 g/mol. The summed E-state index contributed by atoms with van der Waals surface area (Å²) in [5.74, 6) is 1.35. The van der Waals surface area contributed by atoms with Crippen LogP contribution in [0.4, 0.5) is 4.79 Å². The highest BCUT2D eigenvalue weighted by molar-refractivity contribution is 7.98. The Bertz CT molecular complexity index is 777. The van der Waals surface area contributed by atoms with Gasteiger partial charge in [0, 0.05) is 6.54 Å². The van der Waals surface area contributed by atoms with Gasteiger partial charge in [0.05, 0.1) is 18.8 Å². The van der Waals surface area contributed by atoms with Crippen molar-refractivity contribution in [2.24, 2.45) is 0 Å². The molecule has 1 spiro atoms. The third-order valence-electron chi connectivity index (χ3n) is 4.31. The van der Waals surface area contributed by atoms with Crippen LogP contribution >= 0.6 is 11.8 Å². The first-order valence-electron chi connectivity index (χ1n) is 7.97. The molecule has 2 amide bonds. The summed E-state index contributed by atoms with van der Waals surface area (Å²) in [7, 11) is 0. The third-order valence-corrected chi connectivity index (χ3v) is 5.21. The summed E-state index contributed by atoms with van der Waals surface area (Å²) in [5, 5.41) is 9.90. The molecule has 2 fully saturated rings. The Morgan fingerprint density at radius 2 is 2.36 bits per heavy atom. The number of nitrogens with one attached hydrogen (secondary N) is 2. The molecule has 4 rings (SSSR count). The molecule has 1 atom stereocenters. The van der Waals surface area contributed by atoms with Gasteiger partial charge in [0.1, 0.15) is 17.7 Å². The summed E-state index contributed by atoms with van der Waals surface area (Å²) in [5.41, 5.74) is -0.609. The molecule has 0 saturated carbocycles. The van der Waals surface area contributed by atoms with E-state index < -0.39 is 11.7 Å². The van der Waals surface area contributed by atoms with Gasteiger partial charge in [-0.1, -0.05) is 11.8 Å². The molecule has 132 valence electrons. The van der Waals surface area contributed by atoms with E-state index in [1.165, 1.54) is 18.1 Å². The predicted octanol–water partition coefficient (Wildman–Crippen LogP) is 1.40. The molecule has 4 heterocycles. The Labute approximate surface area is 147 Å². The Morgan fingerprint density at radius 3 is 3.12 bits per heavy atom. The highest BCUT2D eigenvalue weighted by atomic mass is 32.2. The van der Waals surface area contributed by atoms with Crippen LogP contribution in [-0.2, 0) is 10.5 Å². The number of carbonyl (C=O) groups excluding carboxylic acids is 2. The highest BCUT2D eigenvalue weighted by Gasteiger charge is 2.45. The fourth-order valence-corrected chi connectivity index (χ4v) is 3.80. The maximum atomic E-state index is 12.7. The molecule has 2 aliphatic heterocycles. The SMILES string of the molecule is O=C1NC[C@]2(CCCN(C(=O)c3ccc(CSc4ncn[nH]4)o3)C2)O1. The van der Waals surface area contributed by atoms with Gasteiger partial charge in [-0.05, 0) is 25.0 Å². The zero-order chi connectivity index (χ0) is 17.3. The Kier molecular flexibility index (Phi) is 4.12. The predicted molar refractivity (Wildman–Crippen MR) is 87.0 cm³/mol. The highest BCUT2D eigenvalue weighted by Crippen LogP contribution is 2.29. The quantitative estimate of drug-likeness (QED) is 0.789. The summed E-state index contributed by atoms with van der Waals surface area (Å²) < 4.78 is 11.1. The van der Waals surface area contributed by atoms with E-state index in [0.29, 0.717) is 42.1 Å². The molecule has 2 aliphatic rings. The number of nitrogens with zero attached hydrogens (tertiary/aromatic N) is 3. The van der Waals surface area contributed by atoms with Gasteiger partial charge in [0.15, 0.2) is 10.9 Å². The number of amides is 2. The fourth-order valence-electron chi connectivity index (χ4n) is 3.13. The Hall–Kier alpha value is -2.49. The minimum absolute atomic E-state index is 0.182. The van der Waals surface area contributed by atoms with Crippen molar-refractivity contribution in [1.82, 2.24) is 25.4 Å². The summed E-state index contributed by atoms with van der Waals surface area (Å²) in [6.07, 6.45) is 2.57. The van der Waals surface area contributed by atoms with Crippen molar-refractivity contribution in [2.75, 3.05) is 19.6 Å². The van der Waals surface area contributed by atoms with Crippen LogP contribution in [0.15, 0.2) is 28.0 Å². The molecule has 2 saturated heterocycles. The van der Waals surface area contributed by atoms with Crippen LogP contribution < -0.4 is 5.32 Å². The van der Waals surface area contributed by atoms with Gasteiger partial charge in [-0.25, -0.2) is 9.78 Å². The molecule has 25 heavy (non-hydrogen) atoms. The normalized spacial score (nSPS) is 22.9. The van der Waals surface area contributed by atoms with E-state index in [2.05, 4.69) is 20.5 Å². The number of hydrogen-bond acceptors (Lipinski definition) is 7. The van der Waals surface area contributed by atoms with E-state index >= 15 is 0 Å². The van der Waals surface area contributed by atoms with Crippen molar-refractivity contribution in [2.45, 2.75) is 29.4 Å². The second-order valence-corrected chi connectivity index (χ2v) is 7.07. The number of carbonyl (C=O) groups is 2. The van der Waals surface area contributed by atoms with Gasteiger partial charge < -0.3 is 19.4 Å². The molecule has 0 unspecified atom stereocenters. The number of H-pyrrole nitrogens is 1. The van der Waals surface area contributed by atoms with Crippen molar-refractivity contribution in [3.63, 3.8) is 0 Å². The lowest BCUT2D eigenvalue weighted by molar-refractivity contribution is -0.00606. The van der Waals surface area contributed by atoms with Crippen molar-refractivity contribution >= 4 is 23.8 Å². The lowest BCUT2D eigenvalue weighted by Gasteiger charge is -2.37. The first-order valence-corrected chi connectivity index (χ1v) is 8.95. The minimum Gasteiger partial charge on any atom is -0.455 e. The molecular formula is C15H17N5O4S. The van der Waals surface area contributed by atoms with E-state index in [9.17, 15) is 9.59 Å². The number of aromatic nitrogens is 3. The molecule has 0 aromatic carbocycles. The van der Waals surface area contributed by atoms with Gasteiger partial charge in [0.25, 0.3) is 5.91 Å². The minimum atomic E-state index is -0.609. The van der Waals surface area contributed by atoms with Gasteiger partial charge in [-0.3, -0.25) is 9.89 Å². The van der Waals surface area contributed by atoms with Crippen LogP contribution in [0.5, 0.6) is 0 Å². The molecule has 2 aromatic rings. The smallest absolute Gasteiger partial charge is 0.407 e. The van der Waals surface area contributed by atoms with E-state index in [1.54, 1.807) is 17.0 Å². The molecule has 0 aliphatic carbocycles. The number of aromatic amines is 1. The molecule has 10 heteroatoms. The van der Waals surface area contributed by atoms with Gasteiger partial charge in [0.2, 0.25) is 0 Å². The molecule has 0 radical (unpaired) electrons. The zero-order valence-corrected chi connectivity index (χ0v) is 14.2. The average molecular weight is 363 g/mol. The summed E-state index contributed by atoms with van der Waals surface area (Å²) in [4.78, 5) is 29.8. The van der Waals surface area contributed by atoms with Gasteiger partial charge >= 0.3 is 6.09 Å². The van der Waals surface area contributed by atoms with Crippen molar-refractivity contribution < 1.29 is 18.7 Å². The van der Waals surface area contributed by atoms with Crippen molar-refractivity contribution in [1.29, 1.82) is 0 Å². The van der Waals surface area contributed by atoms with Gasteiger partial charge in [-0.15, -0.1) is 0 Å². The van der Waals surface area contributed by atoms with E-state index in [0.717, 1.165) is 12.8 Å². The zero-order valence-electron chi connectivity index (χ0n) is 13.4. The van der Waals surface area contributed by atoms with Crippen molar-refractivity contribution in [3.05, 3.63) is 30.0 Å². The van der Waals surface area contributed by atoms with E-state index in [-0.39, 0.29) is 5.91 Å². The third kappa shape index (κ3) is 3.34. The van der Waals surface area contributed by atoms with Crippen LogP contribution in [0, 0.1) is 0 Å². The molecule has 0 bridgehead atoms. The Balaban J connectivity index is 1.40. The second kappa shape index (κ2) is 6.43. The summed E-state index contributed by atoms with van der Waals surface area (Å²) in [6, 6.07) is 3.46. The number of likely N-dealkylation sites (tertiary alicyclic amines) is 1. The van der Waals surface area contributed by atoms with Crippen molar-refractivity contribution in [3.8, 4) is 0 Å². The lowest BCUT2D eigenvalue weighted by atomic mass is 9.93. The first-order chi connectivity index (χ1) is 12.1. The summed E-state index contributed by atoms with van der Waals surface area (Å²) in [6.45, 7) is 1.45. The largest absolute Gasteiger partial charge is 0.455 e. The standard InChI is InChI=1S/C15H17N5O4S/c21-12(20-5-1-4-15(8-20)7-16-14(22)24-15)11-3-2-10(23-11)6-25-13-17-9-18-19-13/h2-3,9H,1,4-8H2,(H,16,22)(H,17,18,19)/t15-/m0/s1. The average Bonchev–Trinajstić information content (AvgIpc) is 3.34. The number of ether oxygens (including phenoxy) is 1. The van der Waals surface area contributed by atoms with Crippen LogP contribution in [0.25, 0.3) is 0 Å². The lowest BCUT2D eigenvalue weighted by Crippen LogP contribution is -2.52. The molecule has 2 N–H and O–H groups in total. The van der Waals surface area contributed by atoms with Crippen LogP contribution in [0.2, 0.25) is 0 Å². The number of piperidine rings is 1. The molecular weight excluding hydrogens is 346 g/mol.